The lowest BCUT2D eigenvalue weighted by Gasteiger charge is -2.11. The zero-order chi connectivity index (χ0) is 10.4. The lowest BCUT2D eigenvalue weighted by atomic mass is 10.1. The number of carbonyl (C=O) groups excluding carboxylic acids is 1. The van der Waals surface area contributed by atoms with Gasteiger partial charge in [-0.2, -0.15) is 0 Å². The largest absolute Gasteiger partial charge is 0.356 e. The zero-order valence-electron chi connectivity index (χ0n) is 9.31. The highest BCUT2D eigenvalue weighted by Gasteiger charge is 2.16. The molecule has 2 N–H and O–H groups in total. The maximum Gasteiger partial charge on any atom is 0.221 e. The van der Waals surface area contributed by atoms with Crippen LogP contribution in [0.25, 0.3) is 0 Å². The molecule has 1 atom stereocenters. The van der Waals surface area contributed by atoms with Crippen LogP contribution in [0.1, 0.15) is 39.5 Å². The van der Waals surface area contributed by atoms with Crippen molar-refractivity contribution >= 4 is 5.91 Å². The van der Waals surface area contributed by atoms with E-state index in [0.717, 1.165) is 25.9 Å². The first-order valence-corrected chi connectivity index (χ1v) is 5.68. The van der Waals surface area contributed by atoms with Gasteiger partial charge in [0.1, 0.15) is 0 Å². The molecule has 0 saturated carbocycles. The Hall–Kier alpha value is -0.570. The van der Waals surface area contributed by atoms with Crippen LogP contribution in [0.3, 0.4) is 0 Å². The molecule has 0 bridgehead atoms. The first-order valence-electron chi connectivity index (χ1n) is 5.68. The van der Waals surface area contributed by atoms with Crippen LogP contribution in [0.5, 0.6) is 0 Å². The first kappa shape index (κ1) is 11.5. The molecular weight excluding hydrogens is 176 g/mol. The van der Waals surface area contributed by atoms with E-state index in [2.05, 4.69) is 24.5 Å². The van der Waals surface area contributed by atoms with Gasteiger partial charge < -0.3 is 10.6 Å². The number of hydrogen-bond acceptors (Lipinski definition) is 2. The lowest BCUT2D eigenvalue weighted by molar-refractivity contribution is -0.121. The van der Waals surface area contributed by atoms with Crippen molar-refractivity contribution in [3.05, 3.63) is 0 Å². The SMILES string of the molecule is CC(C)CCNC(=O)CC1CCCN1. The number of nitrogens with one attached hydrogen (secondary N) is 2. The Morgan fingerprint density at radius 2 is 2.36 bits per heavy atom. The molecule has 1 fully saturated rings. The van der Waals surface area contributed by atoms with E-state index in [0.29, 0.717) is 18.4 Å². The highest BCUT2D eigenvalue weighted by Crippen LogP contribution is 2.08. The van der Waals surface area contributed by atoms with Crippen molar-refractivity contribution in [2.45, 2.75) is 45.6 Å². The highest BCUT2D eigenvalue weighted by atomic mass is 16.1. The minimum absolute atomic E-state index is 0.199. The fourth-order valence-electron chi connectivity index (χ4n) is 1.73. The fraction of sp³-hybridized carbons (Fsp3) is 0.909. The van der Waals surface area contributed by atoms with Gasteiger partial charge in [0.2, 0.25) is 5.91 Å². The molecule has 1 aliphatic heterocycles. The second-order valence-electron chi connectivity index (χ2n) is 4.53. The molecule has 82 valence electrons. The number of amides is 1. The van der Waals surface area contributed by atoms with E-state index in [1.165, 1.54) is 6.42 Å². The average molecular weight is 198 g/mol. The van der Waals surface area contributed by atoms with Gasteiger partial charge in [-0.05, 0) is 31.7 Å². The Morgan fingerprint density at radius 1 is 1.57 bits per heavy atom. The Labute approximate surface area is 86.6 Å². The lowest BCUT2D eigenvalue weighted by Crippen LogP contribution is -2.32. The molecular formula is C11H22N2O. The van der Waals surface area contributed by atoms with E-state index in [4.69, 9.17) is 0 Å². The van der Waals surface area contributed by atoms with Crippen LogP contribution < -0.4 is 10.6 Å². The quantitative estimate of drug-likeness (QED) is 0.699. The number of rotatable bonds is 5. The van der Waals surface area contributed by atoms with Crippen molar-refractivity contribution in [3.8, 4) is 0 Å². The van der Waals surface area contributed by atoms with E-state index in [1.54, 1.807) is 0 Å². The Kier molecular flexibility index (Phi) is 4.94. The summed E-state index contributed by atoms with van der Waals surface area (Å²) in [6.45, 7) is 6.24. The van der Waals surface area contributed by atoms with E-state index >= 15 is 0 Å². The highest BCUT2D eigenvalue weighted by molar-refractivity contribution is 5.76. The Morgan fingerprint density at radius 3 is 2.93 bits per heavy atom. The van der Waals surface area contributed by atoms with Crippen molar-refractivity contribution in [2.24, 2.45) is 5.92 Å². The summed E-state index contributed by atoms with van der Waals surface area (Å²) in [5, 5.41) is 6.29. The van der Waals surface area contributed by atoms with E-state index < -0.39 is 0 Å². The molecule has 3 heteroatoms. The van der Waals surface area contributed by atoms with Gasteiger partial charge in [-0.25, -0.2) is 0 Å². The van der Waals surface area contributed by atoms with Crippen LogP contribution in [0.15, 0.2) is 0 Å². The molecule has 0 aromatic rings. The monoisotopic (exact) mass is 198 g/mol. The number of hydrogen-bond donors (Lipinski definition) is 2. The van der Waals surface area contributed by atoms with Crippen LogP contribution in [-0.2, 0) is 4.79 Å². The first-order chi connectivity index (χ1) is 6.68. The Bertz CT molecular complexity index is 174. The van der Waals surface area contributed by atoms with E-state index in [9.17, 15) is 4.79 Å². The van der Waals surface area contributed by atoms with Crippen LogP contribution in [0.4, 0.5) is 0 Å². The van der Waals surface area contributed by atoms with Gasteiger partial charge in [-0.1, -0.05) is 13.8 Å². The summed E-state index contributed by atoms with van der Waals surface area (Å²) in [7, 11) is 0. The van der Waals surface area contributed by atoms with E-state index in [1.807, 2.05) is 0 Å². The van der Waals surface area contributed by atoms with Crippen LogP contribution in [0.2, 0.25) is 0 Å². The molecule has 1 heterocycles. The van der Waals surface area contributed by atoms with Gasteiger partial charge in [0.05, 0.1) is 0 Å². The molecule has 3 nitrogen and oxygen atoms in total. The summed E-state index contributed by atoms with van der Waals surface area (Å²) in [6, 6.07) is 0.425. The maximum atomic E-state index is 11.4. The van der Waals surface area contributed by atoms with Gasteiger partial charge in [0.25, 0.3) is 0 Å². The van der Waals surface area contributed by atoms with Crippen LogP contribution in [-0.4, -0.2) is 25.0 Å². The minimum atomic E-state index is 0.199. The molecule has 1 rings (SSSR count). The topological polar surface area (TPSA) is 41.1 Å². The Balaban J connectivity index is 2.03. The third-order valence-corrected chi connectivity index (χ3v) is 2.64. The van der Waals surface area contributed by atoms with Crippen molar-refractivity contribution in [2.75, 3.05) is 13.1 Å². The predicted octanol–water partition coefficient (Wildman–Crippen LogP) is 1.29. The summed E-state index contributed by atoms with van der Waals surface area (Å²) >= 11 is 0. The third kappa shape index (κ3) is 4.61. The normalized spacial score (nSPS) is 21.5. The van der Waals surface area contributed by atoms with E-state index in [-0.39, 0.29) is 5.91 Å². The standard InChI is InChI=1S/C11H22N2O/c1-9(2)5-7-13-11(14)8-10-4-3-6-12-10/h9-10,12H,3-8H2,1-2H3,(H,13,14). The van der Waals surface area contributed by atoms with Crippen molar-refractivity contribution in [1.29, 1.82) is 0 Å². The van der Waals surface area contributed by atoms with Crippen LogP contribution in [0, 0.1) is 5.92 Å². The summed E-state index contributed by atoms with van der Waals surface area (Å²) in [5.74, 6) is 0.866. The molecule has 1 aliphatic rings. The van der Waals surface area contributed by atoms with Gasteiger partial charge in [0, 0.05) is 19.0 Å². The van der Waals surface area contributed by atoms with Gasteiger partial charge in [-0.15, -0.1) is 0 Å². The third-order valence-electron chi connectivity index (χ3n) is 2.64. The molecule has 0 aromatic heterocycles. The van der Waals surface area contributed by atoms with Gasteiger partial charge in [0.15, 0.2) is 0 Å². The van der Waals surface area contributed by atoms with Gasteiger partial charge >= 0.3 is 0 Å². The molecule has 1 amide bonds. The van der Waals surface area contributed by atoms with Crippen LogP contribution >= 0.6 is 0 Å². The molecule has 0 aliphatic carbocycles. The summed E-state index contributed by atoms with van der Waals surface area (Å²) < 4.78 is 0. The molecule has 14 heavy (non-hydrogen) atoms. The summed E-state index contributed by atoms with van der Waals surface area (Å²) in [4.78, 5) is 11.4. The summed E-state index contributed by atoms with van der Waals surface area (Å²) in [6.07, 6.45) is 4.09. The maximum absolute atomic E-state index is 11.4. The van der Waals surface area contributed by atoms with Crippen molar-refractivity contribution in [3.63, 3.8) is 0 Å². The zero-order valence-corrected chi connectivity index (χ0v) is 9.31. The summed E-state index contributed by atoms with van der Waals surface area (Å²) in [5.41, 5.74) is 0. The average Bonchev–Trinajstić information content (AvgIpc) is 2.56. The smallest absolute Gasteiger partial charge is 0.221 e. The fourth-order valence-corrected chi connectivity index (χ4v) is 1.73. The molecule has 0 radical (unpaired) electrons. The molecule has 0 aromatic carbocycles. The molecule has 0 spiro atoms. The minimum Gasteiger partial charge on any atom is -0.356 e. The van der Waals surface area contributed by atoms with Crippen molar-refractivity contribution in [1.82, 2.24) is 10.6 Å². The van der Waals surface area contributed by atoms with Gasteiger partial charge in [-0.3, -0.25) is 4.79 Å². The van der Waals surface area contributed by atoms with Crippen molar-refractivity contribution < 1.29 is 4.79 Å². The molecule has 1 saturated heterocycles. The molecule has 1 unspecified atom stereocenters. The second kappa shape index (κ2) is 6.02. The second-order valence-corrected chi connectivity index (χ2v) is 4.53. The number of carbonyl (C=O) groups is 1. The predicted molar refractivity (Wildman–Crippen MR) is 58.1 cm³/mol.